The second-order valence-corrected chi connectivity index (χ2v) is 6.36. The molecule has 1 N–H and O–H groups in total. The topological polar surface area (TPSA) is 46.2 Å². The maximum atomic E-state index is 11.7. The molecule has 0 aromatic heterocycles. The van der Waals surface area contributed by atoms with Gasteiger partial charge in [0.15, 0.2) is 0 Å². The maximum absolute atomic E-state index is 11.7. The Balaban J connectivity index is 2.23. The fraction of sp³-hybridized carbons (Fsp3) is 0.400. The van der Waals surface area contributed by atoms with Crippen molar-refractivity contribution in [2.24, 2.45) is 0 Å². The van der Waals surface area contributed by atoms with Gasteiger partial charge in [-0.15, -0.1) is 11.8 Å². The Labute approximate surface area is 94.3 Å². The monoisotopic (exact) mass is 243 g/mol. The van der Waals surface area contributed by atoms with Crippen LogP contribution in [0.3, 0.4) is 0 Å². The lowest BCUT2D eigenvalue weighted by Crippen LogP contribution is -2.17. The van der Waals surface area contributed by atoms with Crippen LogP contribution in [0.15, 0.2) is 29.2 Å². The number of rotatable bonds is 4. The van der Waals surface area contributed by atoms with Gasteiger partial charge in [-0.2, -0.15) is 0 Å². The van der Waals surface area contributed by atoms with Gasteiger partial charge in [-0.05, 0) is 31.2 Å². The van der Waals surface area contributed by atoms with Crippen LogP contribution in [0.4, 0.5) is 5.69 Å². The molecule has 0 atom stereocenters. The van der Waals surface area contributed by atoms with E-state index >= 15 is 0 Å². The standard InChI is InChI=1S/C10H13NO2S2/c1-14-10-5-3-2-4-9(10)11-15(12,13)8-6-7-8/h2-5,8,11H,6-7H2,1H3. The minimum Gasteiger partial charge on any atom is -0.282 e. The van der Waals surface area contributed by atoms with Gasteiger partial charge in [0.2, 0.25) is 10.0 Å². The maximum Gasteiger partial charge on any atom is 0.235 e. The van der Waals surface area contributed by atoms with Crippen molar-refractivity contribution in [2.45, 2.75) is 23.0 Å². The molecule has 2 rings (SSSR count). The molecule has 0 aliphatic heterocycles. The smallest absolute Gasteiger partial charge is 0.235 e. The van der Waals surface area contributed by atoms with Crippen molar-refractivity contribution in [3.05, 3.63) is 24.3 Å². The average Bonchev–Trinajstić information content (AvgIpc) is 3.01. The summed E-state index contributed by atoms with van der Waals surface area (Å²) in [6.07, 6.45) is 3.51. The molecule has 0 amide bonds. The quantitative estimate of drug-likeness (QED) is 0.825. The number of para-hydroxylation sites is 1. The lowest BCUT2D eigenvalue weighted by atomic mass is 10.3. The van der Waals surface area contributed by atoms with Crippen LogP contribution in [0.2, 0.25) is 0 Å². The number of hydrogen-bond donors (Lipinski definition) is 1. The third kappa shape index (κ3) is 2.46. The van der Waals surface area contributed by atoms with E-state index < -0.39 is 10.0 Å². The Hall–Kier alpha value is -0.680. The van der Waals surface area contributed by atoms with E-state index in [4.69, 9.17) is 0 Å². The van der Waals surface area contributed by atoms with Crippen LogP contribution >= 0.6 is 11.8 Å². The fourth-order valence-electron chi connectivity index (χ4n) is 1.34. The van der Waals surface area contributed by atoms with Gasteiger partial charge in [0.05, 0.1) is 10.9 Å². The van der Waals surface area contributed by atoms with E-state index in [1.54, 1.807) is 17.8 Å². The molecule has 1 aromatic rings. The minimum atomic E-state index is -3.14. The lowest BCUT2D eigenvalue weighted by molar-refractivity contribution is 0.600. The zero-order chi connectivity index (χ0) is 10.9. The molecule has 3 nitrogen and oxygen atoms in total. The van der Waals surface area contributed by atoms with Crippen LogP contribution < -0.4 is 4.72 Å². The first-order chi connectivity index (χ1) is 7.13. The number of anilines is 1. The summed E-state index contributed by atoms with van der Waals surface area (Å²) in [5.74, 6) is 0. The molecule has 1 saturated carbocycles. The Morgan fingerprint density at radius 1 is 1.33 bits per heavy atom. The van der Waals surface area contributed by atoms with E-state index in [1.807, 2.05) is 24.5 Å². The van der Waals surface area contributed by atoms with Crippen LogP contribution in [-0.4, -0.2) is 19.9 Å². The van der Waals surface area contributed by atoms with E-state index in [0.717, 1.165) is 17.7 Å². The second-order valence-electron chi connectivity index (χ2n) is 3.55. The summed E-state index contributed by atoms with van der Waals surface area (Å²) < 4.78 is 26.1. The van der Waals surface area contributed by atoms with Crippen molar-refractivity contribution < 1.29 is 8.42 Å². The summed E-state index contributed by atoms with van der Waals surface area (Å²) >= 11 is 1.54. The molecule has 5 heteroatoms. The molecule has 15 heavy (non-hydrogen) atoms. The Bertz CT molecular complexity index is 452. The Morgan fingerprint density at radius 3 is 2.60 bits per heavy atom. The Kier molecular flexibility index (Phi) is 2.93. The van der Waals surface area contributed by atoms with Gasteiger partial charge < -0.3 is 0 Å². The molecule has 0 unspecified atom stereocenters. The highest BCUT2D eigenvalue weighted by atomic mass is 32.2. The van der Waals surface area contributed by atoms with Crippen LogP contribution in [0.1, 0.15) is 12.8 Å². The van der Waals surface area contributed by atoms with Crippen LogP contribution in [0.25, 0.3) is 0 Å². The van der Waals surface area contributed by atoms with Gasteiger partial charge in [0, 0.05) is 4.90 Å². The number of nitrogens with one attached hydrogen (secondary N) is 1. The van der Waals surface area contributed by atoms with Crippen molar-refractivity contribution in [3.8, 4) is 0 Å². The minimum absolute atomic E-state index is 0.174. The predicted octanol–water partition coefficient (Wildman–Crippen LogP) is 2.31. The molecule has 0 spiro atoms. The number of thioether (sulfide) groups is 1. The first-order valence-corrected chi connectivity index (χ1v) is 7.55. The van der Waals surface area contributed by atoms with Gasteiger partial charge in [0.1, 0.15) is 0 Å². The van der Waals surface area contributed by atoms with E-state index in [2.05, 4.69) is 4.72 Å². The average molecular weight is 243 g/mol. The molecule has 1 fully saturated rings. The largest absolute Gasteiger partial charge is 0.282 e. The molecular weight excluding hydrogens is 230 g/mol. The van der Waals surface area contributed by atoms with Crippen molar-refractivity contribution in [1.82, 2.24) is 0 Å². The third-order valence-electron chi connectivity index (χ3n) is 2.32. The third-order valence-corrected chi connectivity index (χ3v) is 4.97. The highest BCUT2D eigenvalue weighted by Gasteiger charge is 2.35. The molecule has 0 saturated heterocycles. The molecular formula is C10H13NO2S2. The first kappa shape index (κ1) is 10.8. The summed E-state index contributed by atoms with van der Waals surface area (Å²) in [4.78, 5) is 0.960. The van der Waals surface area contributed by atoms with Crippen LogP contribution in [0.5, 0.6) is 0 Å². The van der Waals surface area contributed by atoms with E-state index in [1.165, 1.54) is 0 Å². The number of sulfonamides is 1. The summed E-state index contributed by atoms with van der Waals surface area (Å²) in [6.45, 7) is 0. The van der Waals surface area contributed by atoms with Gasteiger partial charge in [-0.25, -0.2) is 8.42 Å². The molecule has 1 aliphatic rings. The Morgan fingerprint density at radius 2 is 2.00 bits per heavy atom. The van der Waals surface area contributed by atoms with Crippen molar-refractivity contribution in [2.75, 3.05) is 11.0 Å². The van der Waals surface area contributed by atoms with Gasteiger partial charge >= 0.3 is 0 Å². The first-order valence-electron chi connectivity index (χ1n) is 4.78. The number of benzene rings is 1. The predicted molar refractivity (Wildman–Crippen MR) is 63.8 cm³/mol. The molecule has 1 aliphatic carbocycles. The van der Waals surface area contributed by atoms with Gasteiger partial charge in [-0.1, -0.05) is 12.1 Å². The van der Waals surface area contributed by atoms with Crippen molar-refractivity contribution in [3.63, 3.8) is 0 Å². The fourth-order valence-corrected chi connectivity index (χ4v) is 3.37. The highest BCUT2D eigenvalue weighted by Crippen LogP contribution is 2.32. The molecule has 0 bridgehead atoms. The summed E-state index contributed by atoms with van der Waals surface area (Å²) in [7, 11) is -3.14. The van der Waals surface area contributed by atoms with Crippen LogP contribution in [-0.2, 0) is 10.0 Å². The van der Waals surface area contributed by atoms with Gasteiger partial charge in [-0.3, -0.25) is 4.72 Å². The number of hydrogen-bond acceptors (Lipinski definition) is 3. The molecule has 1 aromatic carbocycles. The summed E-state index contributed by atoms with van der Waals surface area (Å²) in [5.41, 5.74) is 0.692. The zero-order valence-corrected chi connectivity index (χ0v) is 10.1. The van der Waals surface area contributed by atoms with Gasteiger partial charge in [0.25, 0.3) is 0 Å². The van der Waals surface area contributed by atoms with E-state index in [0.29, 0.717) is 5.69 Å². The van der Waals surface area contributed by atoms with E-state index in [-0.39, 0.29) is 5.25 Å². The SMILES string of the molecule is CSc1ccccc1NS(=O)(=O)C1CC1. The normalized spacial score (nSPS) is 16.3. The van der Waals surface area contributed by atoms with Crippen molar-refractivity contribution in [1.29, 1.82) is 0 Å². The summed E-state index contributed by atoms with van der Waals surface area (Å²) in [6, 6.07) is 7.45. The van der Waals surface area contributed by atoms with Crippen LogP contribution in [0, 0.1) is 0 Å². The van der Waals surface area contributed by atoms with E-state index in [9.17, 15) is 8.42 Å². The van der Waals surface area contributed by atoms with Crippen molar-refractivity contribution >= 4 is 27.5 Å². The second kappa shape index (κ2) is 4.06. The summed E-state index contributed by atoms with van der Waals surface area (Å²) in [5, 5.41) is -0.174. The molecule has 82 valence electrons. The lowest BCUT2D eigenvalue weighted by Gasteiger charge is -2.10. The molecule has 0 heterocycles. The zero-order valence-electron chi connectivity index (χ0n) is 8.43. The highest BCUT2D eigenvalue weighted by molar-refractivity contribution is 7.99. The molecule has 0 radical (unpaired) electrons.